The van der Waals surface area contributed by atoms with Gasteiger partial charge in [-0.2, -0.15) is 17.0 Å². The van der Waals surface area contributed by atoms with Crippen LogP contribution in [0.3, 0.4) is 0 Å². The molecule has 1 rings (SSSR count). The quantitative estimate of drug-likeness (QED) is 0.830. The van der Waals surface area contributed by atoms with Crippen LogP contribution < -0.4 is 5.32 Å². The van der Waals surface area contributed by atoms with Crippen molar-refractivity contribution in [2.24, 2.45) is 0 Å². The molecule has 7 heteroatoms. The van der Waals surface area contributed by atoms with Crippen LogP contribution in [0.15, 0.2) is 18.2 Å². The molecular weight excluding hydrogens is 283 g/mol. The Morgan fingerprint density at radius 3 is 2.80 bits per heavy atom. The summed E-state index contributed by atoms with van der Waals surface area (Å²) in [5.41, 5.74) is 0.856. The van der Waals surface area contributed by atoms with Crippen molar-refractivity contribution in [1.82, 2.24) is 5.32 Å². The van der Waals surface area contributed by atoms with Crippen LogP contribution in [0.2, 0.25) is 0 Å². The molecule has 0 aliphatic carbocycles. The van der Waals surface area contributed by atoms with Gasteiger partial charge in [0, 0.05) is 18.4 Å². The van der Waals surface area contributed by atoms with Gasteiger partial charge in [-0.15, -0.1) is 0 Å². The normalized spacial score (nSPS) is 11.4. The zero-order valence-corrected chi connectivity index (χ0v) is 11.5. The lowest BCUT2D eigenvalue weighted by Crippen LogP contribution is -2.41. The van der Waals surface area contributed by atoms with Crippen molar-refractivity contribution < 1.29 is 19.1 Å². The van der Waals surface area contributed by atoms with Gasteiger partial charge in [0.15, 0.2) is 0 Å². The second-order valence-corrected chi connectivity index (χ2v) is 5.05. The van der Waals surface area contributed by atoms with Crippen LogP contribution in [0.4, 0.5) is 4.39 Å². The smallest absolute Gasteiger partial charge is 0.327 e. The van der Waals surface area contributed by atoms with E-state index in [-0.39, 0.29) is 11.3 Å². The summed E-state index contributed by atoms with van der Waals surface area (Å²) < 4.78 is 13.0. The van der Waals surface area contributed by atoms with Crippen LogP contribution in [-0.2, 0) is 15.3 Å². The van der Waals surface area contributed by atoms with Crippen molar-refractivity contribution >= 4 is 23.6 Å². The predicted molar refractivity (Wildman–Crippen MR) is 72.5 cm³/mol. The van der Waals surface area contributed by atoms with Crippen LogP contribution in [0.5, 0.6) is 0 Å². The Morgan fingerprint density at radius 1 is 1.55 bits per heavy atom. The third-order valence-electron chi connectivity index (χ3n) is 2.41. The number of amides is 1. The van der Waals surface area contributed by atoms with Crippen LogP contribution in [0, 0.1) is 17.1 Å². The van der Waals surface area contributed by atoms with Crippen molar-refractivity contribution in [2.75, 3.05) is 5.75 Å². The number of carbonyl (C=O) groups is 2. The highest BCUT2D eigenvalue weighted by atomic mass is 32.2. The first-order valence-electron chi connectivity index (χ1n) is 5.70. The molecule has 2 N–H and O–H groups in total. The monoisotopic (exact) mass is 296 g/mol. The molecule has 0 saturated heterocycles. The van der Waals surface area contributed by atoms with E-state index in [1.165, 1.54) is 30.8 Å². The number of nitrogens with zero attached hydrogens (tertiary/aromatic N) is 1. The molecule has 0 heterocycles. The Kier molecular flexibility index (Phi) is 6.00. The van der Waals surface area contributed by atoms with Crippen molar-refractivity contribution in [2.45, 2.75) is 18.7 Å². The number of aliphatic carboxylic acids is 1. The first kappa shape index (κ1) is 16.0. The van der Waals surface area contributed by atoms with E-state index in [2.05, 4.69) is 5.32 Å². The fraction of sp³-hybridized carbons (Fsp3) is 0.308. The molecule has 20 heavy (non-hydrogen) atoms. The lowest BCUT2D eigenvalue weighted by Gasteiger charge is -2.13. The average molecular weight is 296 g/mol. The number of carbonyl (C=O) groups excluding carboxylic acids is 1. The Hall–Kier alpha value is -2.07. The van der Waals surface area contributed by atoms with Gasteiger partial charge in [-0.1, -0.05) is 6.07 Å². The van der Waals surface area contributed by atoms with E-state index in [1.54, 1.807) is 0 Å². The van der Waals surface area contributed by atoms with Gasteiger partial charge in [-0.05, 0) is 17.7 Å². The van der Waals surface area contributed by atoms with E-state index in [9.17, 15) is 14.0 Å². The average Bonchev–Trinajstić information content (AvgIpc) is 2.38. The fourth-order valence-corrected chi connectivity index (χ4v) is 2.54. The fourth-order valence-electron chi connectivity index (χ4n) is 1.49. The third-order valence-corrected chi connectivity index (χ3v) is 3.49. The summed E-state index contributed by atoms with van der Waals surface area (Å²) in [4.78, 5) is 21.8. The Bertz CT molecular complexity index is 557. The summed E-state index contributed by atoms with van der Waals surface area (Å²) >= 11 is 1.25. The molecule has 0 unspecified atom stereocenters. The number of nitrogens with one attached hydrogen (secondary N) is 1. The highest BCUT2D eigenvalue weighted by molar-refractivity contribution is 7.98. The van der Waals surface area contributed by atoms with Crippen LogP contribution in [-0.4, -0.2) is 28.8 Å². The zero-order chi connectivity index (χ0) is 15.1. The molecular formula is C13H13FN2O3S. The van der Waals surface area contributed by atoms with E-state index in [0.717, 1.165) is 6.07 Å². The number of carboxylic acids is 1. The Morgan fingerprint density at radius 2 is 2.25 bits per heavy atom. The summed E-state index contributed by atoms with van der Waals surface area (Å²) in [5, 5.41) is 20.1. The van der Waals surface area contributed by atoms with Crippen molar-refractivity contribution in [1.29, 1.82) is 5.26 Å². The number of thioether (sulfide) groups is 1. The maximum atomic E-state index is 13.0. The highest BCUT2D eigenvalue weighted by Crippen LogP contribution is 2.18. The Labute approximate surface area is 119 Å². The summed E-state index contributed by atoms with van der Waals surface area (Å²) in [6.07, 6.45) is 0. The molecule has 1 aromatic carbocycles. The van der Waals surface area contributed by atoms with E-state index in [1.807, 2.05) is 6.07 Å². The molecule has 0 saturated carbocycles. The lowest BCUT2D eigenvalue weighted by atomic mass is 10.1. The zero-order valence-electron chi connectivity index (χ0n) is 10.7. The maximum absolute atomic E-state index is 13.0. The number of hydrogen-bond acceptors (Lipinski definition) is 4. The molecule has 1 aromatic rings. The molecule has 0 spiro atoms. The molecule has 1 atom stereocenters. The standard InChI is InChI=1S/C13H13FN2O3S/c1-8(17)16-12(13(18)19)7-20-6-9-2-3-11(14)4-10(9)5-15/h2-4,12H,6-7H2,1H3,(H,16,17)(H,18,19)/t12-/m0/s1. The van der Waals surface area contributed by atoms with E-state index >= 15 is 0 Å². The van der Waals surface area contributed by atoms with Gasteiger partial charge < -0.3 is 10.4 Å². The minimum absolute atomic E-state index is 0.164. The molecule has 5 nitrogen and oxygen atoms in total. The van der Waals surface area contributed by atoms with Crippen LogP contribution in [0.25, 0.3) is 0 Å². The van der Waals surface area contributed by atoms with Gasteiger partial charge in [0.2, 0.25) is 5.91 Å². The molecule has 1 amide bonds. The second kappa shape index (κ2) is 7.50. The number of halogens is 1. The second-order valence-electron chi connectivity index (χ2n) is 4.02. The largest absolute Gasteiger partial charge is 0.480 e. The van der Waals surface area contributed by atoms with Crippen LogP contribution in [0.1, 0.15) is 18.1 Å². The van der Waals surface area contributed by atoms with Gasteiger partial charge in [-0.25, -0.2) is 9.18 Å². The summed E-state index contributed by atoms with van der Waals surface area (Å²) in [5.74, 6) is -1.49. The molecule has 0 aliphatic heterocycles. The topological polar surface area (TPSA) is 90.2 Å². The SMILES string of the molecule is CC(=O)N[C@@H](CSCc1ccc(F)cc1C#N)C(=O)O. The maximum Gasteiger partial charge on any atom is 0.327 e. The summed E-state index contributed by atoms with van der Waals surface area (Å²) in [6, 6.07) is 4.79. The van der Waals surface area contributed by atoms with Crippen molar-refractivity contribution in [3.05, 3.63) is 35.1 Å². The minimum atomic E-state index is -1.12. The van der Waals surface area contributed by atoms with Gasteiger partial charge in [0.25, 0.3) is 0 Å². The molecule has 0 aliphatic rings. The first-order chi connectivity index (χ1) is 9.43. The summed E-state index contributed by atoms with van der Waals surface area (Å²) in [7, 11) is 0. The van der Waals surface area contributed by atoms with Crippen molar-refractivity contribution in [3.8, 4) is 6.07 Å². The van der Waals surface area contributed by atoms with Gasteiger partial charge in [0.1, 0.15) is 11.9 Å². The first-order valence-corrected chi connectivity index (χ1v) is 6.85. The number of benzene rings is 1. The minimum Gasteiger partial charge on any atom is -0.480 e. The molecule has 0 radical (unpaired) electrons. The van der Waals surface area contributed by atoms with Gasteiger partial charge in [0.05, 0.1) is 11.6 Å². The van der Waals surface area contributed by atoms with E-state index in [0.29, 0.717) is 11.3 Å². The van der Waals surface area contributed by atoms with Gasteiger partial charge in [-0.3, -0.25) is 4.79 Å². The van der Waals surface area contributed by atoms with Crippen molar-refractivity contribution in [3.63, 3.8) is 0 Å². The summed E-state index contributed by atoms with van der Waals surface area (Å²) in [6.45, 7) is 1.24. The lowest BCUT2D eigenvalue weighted by molar-refractivity contribution is -0.140. The number of carboxylic acid groups (broad SMARTS) is 1. The number of hydrogen-bond donors (Lipinski definition) is 2. The Balaban J connectivity index is 2.61. The van der Waals surface area contributed by atoms with Gasteiger partial charge >= 0.3 is 5.97 Å². The molecule has 0 fully saturated rings. The molecule has 0 bridgehead atoms. The van der Waals surface area contributed by atoms with E-state index < -0.39 is 23.7 Å². The molecule has 0 aromatic heterocycles. The number of nitriles is 1. The van der Waals surface area contributed by atoms with Crippen LogP contribution >= 0.6 is 11.8 Å². The predicted octanol–water partition coefficient (Wildman–Crippen LogP) is 1.52. The number of rotatable bonds is 6. The third kappa shape index (κ3) is 4.90. The highest BCUT2D eigenvalue weighted by Gasteiger charge is 2.18. The molecule has 106 valence electrons. The van der Waals surface area contributed by atoms with E-state index in [4.69, 9.17) is 10.4 Å².